The zero-order valence-electron chi connectivity index (χ0n) is 11.1. The number of hydrogen-bond acceptors (Lipinski definition) is 2. The summed E-state index contributed by atoms with van der Waals surface area (Å²) in [7, 11) is 0. The third kappa shape index (κ3) is 2.05. The number of ether oxygens (including phenoxy) is 1. The lowest BCUT2D eigenvalue weighted by Crippen LogP contribution is -2.18. The van der Waals surface area contributed by atoms with Gasteiger partial charge in [0.1, 0.15) is 11.5 Å². The van der Waals surface area contributed by atoms with Gasteiger partial charge >= 0.3 is 0 Å². The summed E-state index contributed by atoms with van der Waals surface area (Å²) in [6.45, 7) is 5.12. The van der Waals surface area contributed by atoms with Gasteiger partial charge in [0.05, 0.1) is 6.61 Å². The molecular weight excluding hydrogens is 224 g/mol. The molecule has 2 unspecified atom stereocenters. The molecule has 2 nitrogen and oxygen atoms in total. The Kier molecular flexibility index (Phi) is 2.69. The lowest BCUT2D eigenvalue weighted by Gasteiger charge is -2.25. The molecule has 2 atom stereocenters. The summed E-state index contributed by atoms with van der Waals surface area (Å²) in [5.74, 6) is 2.07. The van der Waals surface area contributed by atoms with Crippen LogP contribution in [0.1, 0.15) is 44.6 Å². The van der Waals surface area contributed by atoms with Gasteiger partial charge in [-0.25, -0.2) is 0 Å². The van der Waals surface area contributed by atoms with Gasteiger partial charge in [0.15, 0.2) is 0 Å². The van der Waals surface area contributed by atoms with Gasteiger partial charge in [-0.3, -0.25) is 4.79 Å². The molecule has 1 heterocycles. The molecule has 0 saturated heterocycles. The summed E-state index contributed by atoms with van der Waals surface area (Å²) in [4.78, 5) is 12.3. The van der Waals surface area contributed by atoms with Gasteiger partial charge in [-0.2, -0.15) is 0 Å². The molecular formula is C16H20O2. The molecule has 0 aromatic heterocycles. The predicted molar refractivity (Wildman–Crippen MR) is 70.8 cm³/mol. The highest BCUT2D eigenvalue weighted by molar-refractivity contribution is 5.85. The smallest absolute Gasteiger partial charge is 0.137 e. The number of fused-ring (bicyclic) bond motifs is 1. The molecule has 1 aromatic rings. The molecule has 0 amide bonds. The maximum atomic E-state index is 12.3. The highest BCUT2D eigenvalue weighted by Gasteiger charge is 2.50. The zero-order valence-corrected chi connectivity index (χ0v) is 11.1. The molecule has 1 aromatic carbocycles. The lowest BCUT2D eigenvalue weighted by molar-refractivity contribution is -0.121. The maximum Gasteiger partial charge on any atom is 0.137 e. The van der Waals surface area contributed by atoms with E-state index >= 15 is 0 Å². The van der Waals surface area contributed by atoms with Crippen molar-refractivity contribution in [3.05, 3.63) is 29.8 Å². The Hall–Kier alpha value is -1.31. The Morgan fingerprint density at radius 2 is 2.11 bits per heavy atom. The summed E-state index contributed by atoms with van der Waals surface area (Å²) in [5.41, 5.74) is 1.47. The standard InChI is InChI=1S/C16H20O2/c1-16(2)10-13(16)14(17)9-11-7-8-18-15-6-4-3-5-12(11)15/h3-6,11,13H,7-10H2,1-2H3. The van der Waals surface area contributed by atoms with Crippen molar-refractivity contribution in [3.8, 4) is 5.75 Å². The van der Waals surface area contributed by atoms with E-state index in [1.54, 1.807) is 0 Å². The van der Waals surface area contributed by atoms with Crippen LogP contribution in [0.3, 0.4) is 0 Å². The van der Waals surface area contributed by atoms with Crippen molar-refractivity contribution >= 4 is 5.78 Å². The van der Waals surface area contributed by atoms with Crippen LogP contribution >= 0.6 is 0 Å². The van der Waals surface area contributed by atoms with Crippen molar-refractivity contribution in [2.75, 3.05) is 6.61 Å². The Balaban J connectivity index is 1.73. The van der Waals surface area contributed by atoms with E-state index in [1.165, 1.54) is 5.56 Å². The second-order valence-electron chi connectivity index (χ2n) is 6.29. The Morgan fingerprint density at radius 3 is 2.83 bits per heavy atom. The minimum Gasteiger partial charge on any atom is -0.493 e. The van der Waals surface area contributed by atoms with Crippen molar-refractivity contribution < 1.29 is 9.53 Å². The summed E-state index contributed by atoms with van der Waals surface area (Å²) in [6, 6.07) is 8.14. The van der Waals surface area contributed by atoms with E-state index < -0.39 is 0 Å². The van der Waals surface area contributed by atoms with Gasteiger partial charge in [0, 0.05) is 12.3 Å². The van der Waals surface area contributed by atoms with Gasteiger partial charge in [-0.1, -0.05) is 32.0 Å². The topological polar surface area (TPSA) is 26.3 Å². The van der Waals surface area contributed by atoms with Crippen molar-refractivity contribution in [2.24, 2.45) is 11.3 Å². The van der Waals surface area contributed by atoms with Crippen LogP contribution in [0.5, 0.6) is 5.75 Å². The number of carbonyl (C=O) groups excluding carboxylic acids is 1. The number of hydrogen-bond donors (Lipinski definition) is 0. The van der Waals surface area contributed by atoms with Gasteiger partial charge in [0.2, 0.25) is 0 Å². The fourth-order valence-electron chi connectivity index (χ4n) is 3.03. The van der Waals surface area contributed by atoms with Crippen LogP contribution in [-0.4, -0.2) is 12.4 Å². The fraction of sp³-hybridized carbons (Fsp3) is 0.562. The Bertz CT molecular complexity index is 476. The molecule has 0 radical (unpaired) electrons. The van der Waals surface area contributed by atoms with E-state index in [2.05, 4.69) is 19.9 Å². The van der Waals surface area contributed by atoms with Gasteiger partial charge in [-0.15, -0.1) is 0 Å². The number of ketones is 1. The van der Waals surface area contributed by atoms with E-state index in [0.717, 1.165) is 25.2 Å². The summed E-state index contributed by atoms with van der Waals surface area (Å²) >= 11 is 0. The molecule has 2 aliphatic rings. The van der Waals surface area contributed by atoms with Crippen LogP contribution in [0.15, 0.2) is 24.3 Å². The van der Waals surface area contributed by atoms with Crippen LogP contribution < -0.4 is 4.74 Å². The molecule has 1 aliphatic carbocycles. The quantitative estimate of drug-likeness (QED) is 0.812. The highest BCUT2D eigenvalue weighted by atomic mass is 16.5. The van der Waals surface area contributed by atoms with E-state index in [0.29, 0.717) is 24.0 Å². The number of Topliss-reactive ketones (excluding diaryl/α,β-unsaturated/α-hetero) is 1. The Labute approximate surface area is 108 Å². The van der Waals surface area contributed by atoms with Crippen LogP contribution in [0, 0.1) is 11.3 Å². The molecule has 3 rings (SSSR count). The third-order valence-electron chi connectivity index (χ3n) is 4.43. The molecule has 1 aliphatic heterocycles. The Morgan fingerprint density at radius 1 is 1.39 bits per heavy atom. The summed E-state index contributed by atoms with van der Waals surface area (Å²) in [6.07, 6.45) is 2.72. The minimum atomic E-state index is 0.252. The first-order valence-corrected chi connectivity index (χ1v) is 6.82. The predicted octanol–water partition coefficient (Wildman–Crippen LogP) is 3.56. The second-order valence-corrected chi connectivity index (χ2v) is 6.29. The van der Waals surface area contributed by atoms with E-state index in [1.807, 2.05) is 18.2 Å². The molecule has 2 heteroatoms. The van der Waals surface area contributed by atoms with E-state index in [9.17, 15) is 4.79 Å². The molecule has 0 N–H and O–H groups in total. The first kappa shape index (κ1) is 11.8. The van der Waals surface area contributed by atoms with Crippen LogP contribution in [0.4, 0.5) is 0 Å². The van der Waals surface area contributed by atoms with Crippen molar-refractivity contribution in [3.63, 3.8) is 0 Å². The van der Waals surface area contributed by atoms with Crippen molar-refractivity contribution in [1.82, 2.24) is 0 Å². The minimum absolute atomic E-state index is 0.252. The summed E-state index contributed by atoms with van der Waals surface area (Å²) in [5, 5.41) is 0. The number of rotatable bonds is 3. The van der Waals surface area contributed by atoms with Crippen molar-refractivity contribution in [1.29, 1.82) is 0 Å². The van der Waals surface area contributed by atoms with E-state index in [-0.39, 0.29) is 5.41 Å². The molecule has 18 heavy (non-hydrogen) atoms. The van der Waals surface area contributed by atoms with Gasteiger partial charge in [0.25, 0.3) is 0 Å². The highest BCUT2D eigenvalue weighted by Crippen LogP contribution is 2.53. The molecule has 1 saturated carbocycles. The molecule has 96 valence electrons. The van der Waals surface area contributed by atoms with Gasteiger partial charge in [-0.05, 0) is 35.8 Å². The van der Waals surface area contributed by atoms with Crippen LogP contribution in [0.25, 0.3) is 0 Å². The SMILES string of the molecule is CC1(C)CC1C(=O)CC1CCOc2ccccc21. The average molecular weight is 244 g/mol. The van der Waals surface area contributed by atoms with Crippen LogP contribution in [-0.2, 0) is 4.79 Å². The molecule has 1 fully saturated rings. The second kappa shape index (κ2) is 4.11. The number of benzene rings is 1. The first-order chi connectivity index (χ1) is 8.58. The lowest BCUT2D eigenvalue weighted by atomic mass is 9.87. The average Bonchev–Trinajstić information content (AvgIpc) is 2.99. The van der Waals surface area contributed by atoms with E-state index in [4.69, 9.17) is 4.74 Å². The maximum absolute atomic E-state index is 12.3. The normalized spacial score (nSPS) is 28.1. The first-order valence-electron chi connectivity index (χ1n) is 6.82. The van der Waals surface area contributed by atoms with Crippen molar-refractivity contribution in [2.45, 2.75) is 39.0 Å². The zero-order chi connectivity index (χ0) is 12.8. The number of para-hydroxylation sites is 1. The van der Waals surface area contributed by atoms with Crippen LogP contribution in [0.2, 0.25) is 0 Å². The summed E-state index contributed by atoms with van der Waals surface area (Å²) < 4.78 is 5.64. The monoisotopic (exact) mass is 244 g/mol. The van der Waals surface area contributed by atoms with Gasteiger partial charge < -0.3 is 4.74 Å². The molecule has 0 spiro atoms. The fourth-order valence-corrected chi connectivity index (χ4v) is 3.03. The molecule has 0 bridgehead atoms. The number of carbonyl (C=O) groups is 1. The third-order valence-corrected chi connectivity index (χ3v) is 4.43. The largest absolute Gasteiger partial charge is 0.493 e.